The van der Waals surface area contributed by atoms with Crippen LogP contribution in [0, 0.1) is 0 Å². The number of thioether (sulfide) groups is 1. The number of aliphatic carboxylic acids is 1. The van der Waals surface area contributed by atoms with Crippen molar-refractivity contribution in [3.05, 3.63) is 60.2 Å². The van der Waals surface area contributed by atoms with Crippen molar-refractivity contribution in [1.82, 2.24) is 4.90 Å². The molecular formula is C21H25F2NO4S. The van der Waals surface area contributed by atoms with Crippen LogP contribution in [0.5, 0.6) is 0 Å². The highest BCUT2D eigenvalue weighted by molar-refractivity contribution is 8.00. The van der Waals surface area contributed by atoms with Gasteiger partial charge in [0.15, 0.2) is 0 Å². The summed E-state index contributed by atoms with van der Waals surface area (Å²) in [7, 11) is 0. The Bertz CT molecular complexity index is 739. The quantitative estimate of drug-likeness (QED) is 0.444. The molecule has 0 bridgehead atoms. The van der Waals surface area contributed by atoms with Crippen molar-refractivity contribution in [3.63, 3.8) is 0 Å². The number of halogens is 2. The minimum atomic E-state index is -3.43. The van der Waals surface area contributed by atoms with Crippen molar-refractivity contribution >= 4 is 23.6 Å². The Morgan fingerprint density at radius 3 is 2.72 bits per heavy atom. The van der Waals surface area contributed by atoms with Crippen LogP contribution in [0.1, 0.15) is 24.8 Å². The average Bonchev–Trinajstić information content (AvgIpc) is 2.70. The maximum Gasteiger partial charge on any atom is 0.313 e. The molecular weight excluding hydrogens is 400 g/mol. The number of aliphatic hydroxyl groups excluding tert-OH is 1. The van der Waals surface area contributed by atoms with Crippen LogP contribution in [0.25, 0.3) is 0 Å². The number of aliphatic hydroxyl groups is 1. The number of piperidine rings is 1. The summed E-state index contributed by atoms with van der Waals surface area (Å²) in [4.78, 5) is 24.3. The molecule has 2 atom stereocenters. The Hall–Kier alpha value is -2.19. The predicted molar refractivity (Wildman–Crippen MR) is 109 cm³/mol. The third-order valence-electron chi connectivity index (χ3n) is 4.57. The molecule has 158 valence electrons. The Morgan fingerprint density at radius 2 is 2.03 bits per heavy atom. The lowest BCUT2D eigenvalue weighted by Crippen LogP contribution is -2.43. The smallest absolute Gasteiger partial charge is 0.313 e. The van der Waals surface area contributed by atoms with Crippen molar-refractivity contribution in [2.75, 3.05) is 18.1 Å². The highest BCUT2D eigenvalue weighted by Crippen LogP contribution is 2.32. The Balaban J connectivity index is 1.97. The van der Waals surface area contributed by atoms with Crippen LogP contribution in [-0.2, 0) is 15.5 Å². The molecule has 2 N–H and O–H groups in total. The van der Waals surface area contributed by atoms with Crippen LogP contribution in [-0.4, -0.2) is 57.2 Å². The van der Waals surface area contributed by atoms with Gasteiger partial charge in [-0.1, -0.05) is 54.6 Å². The van der Waals surface area contributed by atoms with Gasteiger partial charge >= 0.3 is 11.9 Å². The predicted octanol–water partition coefficient (Wildman–Crippen LogP) is 3.45. The number of rotatable bonds is 10. The maximum absolute atomic E-state index is 14.4. The van der Waals surface area contributed by atoms with E-state index in [9.17, 15) is 23.5 Å². The molecule has 1 aliphatic heterocycles. The summed E-state index contributed by atoms with van der Waals surface area (Å²) in [6.45, 7) is 0.312. The molecule has 0 spiro atoms. The first-order chi connectivity index (χ1) is 13.8. The minimum Gasteiger partial charge on any atom is -0.481 e. The lowest BCUT2D eigenvalue weighted by atomic mass is 9.98. The first-order valence-electron chi connectivity index (χ1n) is 9.36. The van der Waals surface area contributed by atoms with Gasteiger partial charge in [-0.15, -0.1) is 11.8 Å². The largest absolute Gasteiger partial charge is 0.481 e. The molecule has 1 heterocycles. The zero-order chi connectivity index (χ0) is 21.3. The van der Waals surface area contributed by atoms with Gasteiger partial charge in [-0.05, 0) is 12.8 Å². The fourth-order valence-corrected chi connectivity index (χ4v) is 3.60. The second-order valence-corrected chi connectivity index (χ2v) is 7.73. The van der Waals surface area contributed by atoms with Gasteiger partial charge in [0, 0.05) is 24.3 Å². The van der Waals surface area contributed by atoms with Crippen LogP contribution >= 0.6 is 11.8 Å². The average molecular weight is 425 g/mol. The SMILES string of the molecule is O=C(O)CSC/C=C/CN1C(=O)CCC[C@@H]1/C=C/[C@H](O)C(F)(F)c1ccccc1. The van der Waals surface area contributed by atoms with Gasteiger partial charge < -0.3 is 15.1 Å². The van der Waals surface area contributed by atoms with Gasteiger partial charge in [0.25, 0.3) is 0 Å². The summed E-state index contributed by atoms with van der Waals surface area (Å²) >= 11 is 1.24. The number of carboxylic acids is 1. The van der Waals surface area contributed by atoms with E-state index in [0.717, 1.165) is 6.08 Å². The Morgan fingerprint density at radius 1 is 1.31 bits per heavy atom. The van der Waals surface area contributed by atoms with Crippen molar-refractivity contribution in [2.45, 2.75) is 37.3 Å². The van der Waals surface area contributed by atoms with Crippen LogP contribution in [0.15, 0.2) is 54.6 Å². The van der Waals surface area contributed by atoms with Gasteiger partial charge in [0.05, 0.1) is 11.8 Å². The van der Waals surface area contributed by atoms with E-state index in [1.165, 1.54) is 42.1 Å². The number of amides is 1. The van der Waals surface area contributed by atoms with Crippen molar-refractivity contribution < 1.29 is 28.6 Å². The molecule has 1 saturated heterocycles. The highest BCUT2D eigenvalue weighted by Gasteiger charge is 2.39. The first-order valence-corrected chi connectivity index (χ1v) is 10.5. The van der Waals surface area contributed by atoms with Crippen LogP contribution in [0.4, 0.5) is 8.78 Å². The van der Waals surface area contributed by atoms with E-state index in [1.54, 1.807) is 23.1 Å². The number of carbonyl (C=O) groups is 2. The highest BCUT2D eigenvalue weighted by atomic mass is 32.2. The standard InChI is InChI=1S/C21H25F2NO4S/c22-21(23,16-7-2-1-3-8-16)18(25)12-11-17-9-6-10-19(26)24(17)13-4-5-14-29-15-20(27)28/h1-5,7-8,11-12,17-18,25H,6,9-10,13-15H2,(H,27,28)/b5-4+,12-11+/t17-,18+/m1/s1. The topological polar surface area (TPSA) is 77.8 Å². The summed E-state index contributed by atoms with van der Waals surface area (Å²) in [5, 5.41) is 18.6. The van der Waals surface area contributed by atoms with E-state index >= 15 is 0 Å². The van der Waals surface area contributed by atoms with E-state index in [4.69, 9.17) is 5.11 Å². The lowest BCUT2D eigenvalue weighted by Gasteiger charge is -2.33. The zero-order valence-corrected chi connectivity index (χ0v) is 16.7. The number of benzene rings is 1. The number of nitrogens with zero attached hydrogens (tertiary/aromatic N) is 1. The molecule has 5 nitrogen and oxygen atoms in total. The van der Waals surface area contributed by atoms with Gasteiger partial charge in [0.2, 0.25) is 5.91 Å². The molecule has 1 aliphatic rings. The van der Waals surface area contributed by atoms with Crippen LogP contribution < -0.4 is 0 Å². The summed E-state index contributed by atoms with van der Waals surface area (Å²) in [6.07, 6.45) is 5.80. The molecule has 1 aromatic carbocycles. The van der Waals surface area contributed by atoms with Crippen molar-refractivity contribution in [3.8, 4) is 0 Å². The third-order valence-corrected chi connectivity index (χ3v) is 5.44. The molecule has 0 aromatic heterocycles. The van der Waals surface area contributed by atoms with Crippen LogP contribution in [0.3, 0.4) is 0 Å². The lowest BCUT2D eigenvalue weighted by molar-refractivity contribution is -0.135. The third kappa shape index (κ3) is 6.97. The fraction of sp³-hybridized carbons (Fsp3) is 0.429. The van der Waals surface area contributed by atoms with Crippen molar-refractivity contribution in [2.24, 2.45) is 0 Å². The minimum absolute atomic E-state index is 0.00582. The number of alkyl halides is 2. The fourth-order valence-electron chi connectivity index (χ4n) is 3.04. The Labute approximate surface area is 173 Å². The van der Waals surface area contributed by atoms with E-state index in [0.29, 0.717) is 31.6 Å². The molecule has 1 fully saturated rings. The van der Waals surface area contributed by atoms with Crippen molar-refractivity contribution in [1.29, 1.82) is 0 Å². The Kier molecular flexibility index (Phi) is 8.85. The summed E-state index contributed by atoms with van der Waals surface area (Å²) < 4.78 is 28.8. The zero-order valence-electron chi connectivity index (χ0n) is 15.9. The van der Waals surface area contributed by atoms with Gasteiger partial charge in [-0.3, -0.25) is 9.59 Å². The van der Waals surface area contributed by atoms with E-state index in [-0.39, 0.29) is 23.3 Å². The van der Waals surface area contributed by atoms with E-state index in [2.05, 4.69) is 0 Å². The second-order valence-electron chi connectivity index (χ2n) is 6.70. The molecule has 0 radical (unpaired) electrons. The first kappa shape index (κ1) is 23.1. The van der Waals surface area contributed by atoms with Crippen LogP contribution in [0.2, 0.25) is 0 Å². The summed E-state index contributed by atoms with van der Waals surface area (Å²) in [5.74, 6) is -3.87. The van der Waals surface area contributed by atoms with Gasteiger partial charge in [-0.2, -0.15) is 8.78 Å². The number of hydrogen-bond donors (Lipinski definition) is 2. The molecule has 8 heteroatoms. The molecule has 0 saturated carbocycles. The number of hydrogen-bond acceptors (Lipinski definition) is 4. The molecule has 2 rings (SSSR count). The number of carbonyl (C=O) groups excluding carboxylic acids is 1. The normalized spacial score (nSPS) is 19.2. The molecule has 0 aliphatic carbocycles. The molecule has 1 amide bonds. The van der Waals surface area contributed by atoms with Gasteiger partial charge in [-0.25, -0.2) is 0 Å². The number of carboxylic acid groups (broad SMARTS) is 1. The molecule has 29 heavy (non-hydrogen) atoms. The van der Waals surface area contributed by atoms with E-state index in [1.807, 2.05) is 0 Å². The maximum atomic E-state index is 14.4. The monoisotopic (exact) mass is 425 g/mol. The van der Waals surface area contributed by atoms with Gasteiger partial charge in [0.1, 0.15) is 6.10 Å². The molecule has 1 aromatic rings. The second kappa shape index (κ2) is 11.1. The number of likely N-dealkylation sites (tertiary alicyclic amines) is 1. The van der Waals surface area contributed by atoms with E-state index < -0.39 is 18.0 Å². The summed E-state index contributed by atoms with van der Waals surface area (Å²) in [6, 6.07) is 6.77. The summed E-state index contributed by atoms with van der Waals surface area (Å²) in [5.41, 5.74) is -0.268. The molecule has 0 unspecified atom stereocenters.